The van der Waals surface area contributed by atoms with Gasteiger partial charge in [-0.3, -0.25) is 10.1 Å². The van der Waals surface area contributed by atoms with E-state index in [2.05, 4.69) is 12.2 Å². The van der Waals surface area contributed by atoms with E-state index in [0.29, 0.717) is 6.54 Å². The summed E-state index contributed by atoms with van der Waals surface area (Å²) in [6.45, 7) is 7.68. The molecule has 0 bridgehead atoms. The molecular formula is C11H21NO3. The standard InChI is InChI=1S/C11H21NO3/c1-5-7-8-12-11(4,9(3)13)10(14)15-6-2/h12H,5-8H2,1-4H3. The van der Waals surface area contributed by atoms with Crippen LogP contribution in [0.5, 0.6) is 0 Å². The molecule has 0 saturated carbocycles. The van der Waals surface area contributed by atoms with Crippen LogP contribution in [0.25, 0.3) is 0 Å². The largest absolute Gasteiger partial charge is 0.464 e. The molecule has 0 radical (unpaired) electrons. The topological polar surface area (TPSA) is 55.4 Å². The first kappa shape index (κ1) is 14.1. The van der Waals surface area contributed by atoms with E-state index in [9.17, 15) is 9.59 Å². The van der Waals surface area contributed by atoms with Gasteiger partial charge in [0.05, 0.1) is 6.61 Å². The van der Waals surface area contributed by atoms with E-state index in [0.717, 1.165) is 12.8 Å². The number of carbonyl (C=O) groups excluding carboxylic acids is 2. The zero-order valence-electron chi connectivity index (χ0n) is 10.1. The Balaban J connectivity index is 4.44. The molecule has 0 fully saturated rings. The Hall–Kier alpha value is -0.900. The molecule has 0 saturated heterocycles. The molecule has 0 aromatic rings. The first-order chi connectivity index (χ1) is 6.99. The Labute approximate surface area is 91.4 Å². The minimum absolute atomic E-state index is 0.211. The summed E-state index contributed by atoms with van der Waals surface area (Å²) in [5.41, 5.74) is -1.19. The van der Waals surface area contributed by atoms with Crippen LogP contribution in [-0.4, -0.2) is 30.4 Å². The van der Waals surface area contributed by atoms with Gasteiger partial charge in [-0.25, -0.2) is 4.79 Å². The van der Waals surface area contributed by atoms with Crippen molar-refractivity contribution in [3.8, 4) is 0 Å². The van der Waals surface area contributed by atoms with Crippen LogP contribution in [0.2, 0.25) is 0 Å². The summed E-state index contributed by atoms with van der Waals surface area (Å²) in [6, 6.07) is 0. The van der Waals surface area contributed by atoms with Gasteiger partial charge in [0.15, 0.2) is 11.3 Å². The predicted molar refractivity (Wildman–Crippen MR) is 58.6 cm³/mol. The number of hydrogen-bond donors (Lipinski definition) is 1. The molecule has 1 atom stereocenters. The van der Waals surface area contributed by atoms with Gasteiger partial charge in [0.25, 0.3) is 0 Å². The molecule has 0 aliphatic carbocycles. The third-order valence-corrected chi connectivity index (χ3v) is 2.40. The van der Waals surface area contributed by atoms with E-state index in [1.807, 2.05) is 0 Å². The first-order valence-electron chi connectivity index (χ1n) is 5.42. The normalized spacial score (nSPS) is 14.4. The Morgan fingerprint density at radius 3 is 2.33 bits per heavy atom. The van der Waals surface area contributed by atoms with Gasteiger partial charge < -0.3 is 4.74 Å². The fourth-order valence-corrected chi connectivity index (χ4v) is 1.13. The van der Waals surface area contributed by atoms with Crippen molar-refractivity contribution in [2.45, 2.75) is 46.1 Å². The first-order valence-corrected chi connectivity index (χ1v) is 5.42. The second kappa shape index (κ2) is 6.56. The van der Waals surface area contributed by atoms with Crippen LogP contribution >= 0.6 is 0 Å². The highest BCUT2D eigenvalue weighted by Gasteiger charge is 2.38. The third kappa shape index (κ3) is 4.00. The number of hydrogen-bond acceptors (Lipinski definition) is 4. The van der Waals surface area contributed by atoms with Crippen molar-refractivity contribution in [3.05, 3.63) is 0 Å². The fourth-order valence-electron chi connectivity index (χ4n) is 1.13. The molecule has 0 rings (SSSR count). The summed E-state index contributed by atoms with van der Waals surface area (Å²) >= 11 is 0. The molecule has 4 nitrogen and oxygen atoms in total. The highest BCUT2D eigenvalue weighted by atomic mass is 16.5. The Morgan fingerprint density at radius 2 is 1.93 bits per heavy atom. The van der Waals surface area contributed by atoms with Crippen LogP contribution in [0.1, 0.15) is 40.5 Å². The highest BCUT2D eigenvalue weighted by molar-refractivity contribution is 6.06. The maximum absolute atomic E-state index is 11.6. The van der Waals surface area contributed by atoms with Crippen molar-refractivity contribution in [1.82, 2.24) is 5.32 Å². The molecule has 0 amide bonds. The van der Waals surface area contributed by atoms with Gasteiger partial charge in [0.1, 0.15) is 0 Å². The highest BCUT2D eigenvalue weighted by Crippen LogP contribution is 2.08. The van der Waals surface area contributed by atoms with Gasteiger partial charge in [-0.1, -0.05) is 13.3 Å². The lowest BCUT2D eigenvalue weighted by atomic mass is 9.97. The molecule has 0 aromatic carbocycles. The third-order valence-electron chi connectivity index (χ3n) is 2.40. The molecule has 0 spiro atoms. The molecule has 4 heteroatoms. The monoisotopic (exact) mass is 215 g/mol. The molecule has 0 aliphatic rings. The lowest BCUT2D eigenvalue weighted by Gasteiger charge is -2.25. The Morgan fingerprint density at radius 1 is 1.33 bits per heavy atom. The zero-order chi connectivity index (χ0) is 11.9. The van der Waals surface area contributed by atoms with Crippen LogP contribution in [0, 0.1) is 0 Å². The average Bonchev–Trinajstić information content (AvgIpc) is 2.18. The Kier molecular flexibility index (Phi) is 6.17. The van der Waals surface area contributed by atoms with Gasteiger partial charge in [0.2, 0.25) is 0 Å². The summed E-state index contributed by atoms with van der Waals surface area (Å²) in [5.74, 6) is -0.703. The van der Waals surface area contributed by atoms with Gasteiger partial charge in [0, 0.05) is 0 Å². The number of rotatable bonds is 7. The number of nitrogens with one attached hydrogen (secondary N) is 1. The van der Waals surface area contributed by atoms with Crippen LogP contribution < -0.4 is 5.32 Å². The second-order valence-corrected chi connectivity index (χ2v) is 3.68. The number of ether oxygens (including phenoxy) is 1. The molecule has 1 N–H and O–H groups in total. The predicted octanol–water partition coefficient (Wildman–Crippen LogP) is 1.29. The zero-order valence-corrected chi connectivity index (χ0v) is 10.1. The van der Waals surface area contributed by atoms with E-state index in [4.69, 9.17) is 4.74 Å². The lowest BCUT2D eigenvalue weighted by molar-refractivity contribution is -0.154. The quantitative estimate of drug-likeness (QED) is 0.395. The van der Waals surface area contributed by atoms with Crippen LogP contribution in [0.4, 0.5) is 0 Å². The summed E-state index contributed by atoms with van der Waals surface area (Å²) in [6.07, 6.45) is 1.95. The molecular weight excluding hydrogens is 194 g/mol. The number of ketones is 1. The van der Waals surface area contributed by atoms with Gasteiger partial charge in [-0.15, -0.1) is 0 Å². The molecule has 15 heavy (non-hydrogen) atoms. The van der Waals surface area contributed by atoms with Crippen LogP contribution in [0.3, 0.4) is 0 Å². The van der Waals surface area contributed by atoms with Crippen molar-refractivity contribution in [2.75, 3.05) is 13.2 Å². The van der Waals surface area contributed by atoms with Crippen molar-refractivity contribution in [3.63, 3.8) is 0 Å². The molecule has 0 aliphatic heterocycles. The SMILES string of the molecule is CCCCNC(C)(C(C)=O)C(=O)OCC. The number of Topliss-reactive ketones (excluding diaryl/α,β-unsaturated/α-hetero) is 1. The van der Waals surface area contributed by atoms with E-state index in [1.165, 1.54) is 6.92 Å². The maximum Gasteiger partial charge on any atom is 0.333 e. The van der Waals surface area contributed by atoms with Crippen molar-refractivity contribution in [2.24, 2.45) is 0 Å². The minimum Gasteiger partial charge on any atom is -0.464 e. The average molecular weight is 215 g/mol. The van der Waals surface area contributed by atoms with Gasteiger partial charge in [-0.2, -0.15) is 0 Å². The summed E-state index contributed by atoms with van der Waals surface area (Å²) in [5, 5.41) is 2.96. The van der Waals surface area contributed by atoms with E-state index in [-0.39, 0.29) is 12.4 Å². The summed E-state index contributed by atoms with van der Waals surface area (Å²) in [7, 11) is 0. The number of carbonyl (C=O) groups is 2. The maximum atomic E-state index is 11.6. The number of esters is 1. The molecule has 0 aromatic heterocycles. The minimum atomic E-state index is -1.19. The molecule has 88 valence electrons. The lowest BCUT2D eigenvalue weighted by Crippen LogP contribution is -2.56. The fraction of sp³-hybridized carbons (Fsp3) is 0.818. The van der Waals surface area contributed by atoms with Crippen molar-refractivity contribution < 1.29 is 14.3 Å². The molecule has 1 unspecified atom stereocenters. The Bertz CT molecular complexity index is 228. The van der Waals surface area contributed by atoms with Crippen molar-refractivity contribution in [1.29, 1.82) is 0 Å². The summed E-state index contributed by atoms with van der Waals surface area (Å²) in [4.78, 5) is 23.0. The number of unbranched alkanes of at least 4 members (excludes halogenated alkanes) is 1. The molecule has 0 heterocycles. The van der Waals surface area contributed by atoms with E-state index in [1.54, 1.807) is 13.8 Å². The van der Waals surface area contributed by atoms with Gasteiger partial charge in [-0.05, 0) is 33.7 Å². The van der Waals surface area contributed by atoms with Crippen molar-refractivity contribution >= 4 is 11.8 Å². The van der Waals surface area contributed by atoms with E-state index >= 15 is 0 Å². The summed E-state index contributed by atoms with van der Waals surface area (Å²) < 4.78 is 4.88. The van der Waals surface area contributed by atoms with E-state index < -0.39 is 11.5 Å². The smallest absolute Gasteiger partial charge is 0.333 e. The second-order valence-electron chi connectivity index (χ2n) is 3.68. The van der Waals surface area contributed by atoms with Gasteiger partial charge >= 0.3 is 5.97 Å². The van der Waals surface area contributed by atoms with Crippen LogP contribution in [-0.2, 0) is 14.3 Å². The van der Waals surface area contributed by atoms with Crippen LogP contribution in [0.15, 0.2) is 0 Å².